The van der Waals surface area contributed by atoms with Gasteiger partial charge in [0.25, 0.3) is 0 Å². The van der Waals surface area contributed by atoms with E-state index in [1.54, 1.807) is 0 Å². The van der Waals surface area contributed by atoms with Gasteiger partial charge < -0.3 is 10.1 Å². The number of benzene rings is 1. The molecule has 0 spiro atoms. The molecule has 0 heterocycles. The molecule has 0 saturated carbocycles. The minimum Gasteiger partial charge on any atom is -0.375 e. The Balaban J connectivity index is 2.54. The second-order valence-corrected chi connectivity index (χ2v) is 4.41. The number of rotatable bonds is 5. The lowest BCUT2D eigenvalue weighted by Crippen LogP contribution is -2.17. The Hall–Kier alpha value is -1.06. The fraction of sp³-hybridized carbons (Fsp3) is 0.417. The van der Waals surface area contributed by atoms with Crippen LogP contribution in [0.3, 0.4) is 0 Å². The Morgan fingerprint density at radius 1 is 1.44 bits per heavy atom. The van der Waals surface area contributed by atoms with Crippen LogP contribution in [0.25, 0.3) is 0 Å². The molecule has 1 atom stereocenters. The summed E-state index contributed by atoms with van der Waals surface area (Å²) in [5, 5.41) is 2.85. The Labute approximate surface area is 101 Å². The minimum absolute atomic E-state index is 0.0699. The zero-order chi connectivity index (χ0) is 12.0. The van der Waals surface area contributed by atoms with Gasteiger partial charge in [0.1, 0.15) is 6.61 Å². The van der Waals surface area contributed by atoms with Crippen molar-refractivity contribution in [3.05, 3.63) is 29.8 Å². The molecule has 1 amide bonds. The van der Waals surface area contributed by atoms with Crippen LogP contribution in [0.5, 0.6) is 0 Å². The van der Waals surface area contributed by atoms with E-state index in [0.717, 1.165) is 17.7 Å². The molecule has 0 bridgehead atoms. The van der Waals surface area contributed by atoms with Gasteiger partial charge in [0, 0.05) is 18.2 Å². The highest BCUT2D eigenvalue weighted by atomic mass is 35.5. The van der Waals surface area contributed by atoms with E-state index in [2.05, 4.69) is 5.32 Å². The highest BCUT2D eigenvalue weighted by Gasteiger charge is 2.02. The molecule has 3 nitrogen and oxygen atoms in total. The Bertz CT molecular complexity index is 335. The summed E-state index contributed by atoms with van der Waals surface area (Å²) in [6, 6.07) is 7.65. The predicted octanol–water partition coefficient (Wildman–Crippen LogP) is 2.44. The smallest absolute Gasteiger partial charge is 0.250 e. The molecule has 0 aromatic heterocycles. The number of carbonyl (C=O) groups is 1. The largest absolute Gasteiger partial charge is 0.375 e. The molecule has 1 aromatic carbocycles. The van der Waals surface area contributed by atoms with Crippen LogP contribution < -0.4 is 5.32 Å². The molecule has 0 aliphatic heterocycles. The molecule has 0 fully saturated rings. The average Bonchev–Trinajstić information content (AvgIpc) is 2.20. The van der Waals surface area contributed by atoms with Crippen molar-refractivity contribution in [2.45, 2.75) is 18.7 Å². The zero-order valence-corrected chi connectivity index (χ0v) is 10.3. The number of ether oxygens (including phenoxy) is 1. The predicted molar refractivity (Wildman–Crippen MR) is 66.0 cm³/mol. The monoisotopic (exact) mass is 241 g/mol. The van der Waals surface area contributed by atoms with Gasteiger partial charge in [-0.25, -0.2) is 0 Å². The van der Waals surface area contributed by atoms with Crippen LogP contribution in [-0.4, -0.2) is 25.0 Å². The number of carbonyl (C=O) groups excluding carboxylic acids is 1. The van der Waals surface area contributed by atoms with Gasteiger partial charge in [-0.1, -0.05) is 12.1 Å². The molecule has 1 rings (SSSR count). The van der Waals surface area contributed by atoms with Gasteiger partial charge in [-0.05, 0) is 31.0 Å². The van der Waals surface area contributed by atoms with Crippen LogP contribution in [0.1, 0.15) is 12.5 Å². The molecular weight excluding hydrogens is 226 g/mol. The molecule has 0 aliphatic carbocycles. The Morgan fingerprint density at radius 2 is 2.06 bits per heavy atom. The first-order valence-corrected chi connectivity index (χ1v) is 5.57. The molecular formula is C12H16ClNO2. The van der Waals surface area contributed by atoms with Crippen molar-refractivity contribution in [2.75, 3.05) is 19.0 Å². The highest BCUT2D eigenvalue weighted by Crippen LogP contribution is 2.12. The first-order chi connectivity index (χ1) is 7.61. The van der Waals surface area contributed by atoms with Gasteiger partial charge >= 0.3 is 0 Å². The Morgan fingerprint density at radius 3 is 2.56 bits per heavy atom. The number of amides is 1. The van der Waals surface area contributed by atoms with E-state index in [9.17, 15) is 4.79 Å². The van der Waals surface area contributed by atoms with Crippen molar-refractivity contribution in [2.24, 2.45) is 0 Å². The fourth-order valence-electron chi connectivity index (χ4n) is 1.38. The van der Waals surface area contributed by atoms with Crippen LogP contribution in [0.2, 0.25) is 0 Å². The van der Waals surface area contributed by atoms with Crippen molar-refractivity contribution >= 4 is 23.2 Å². The minimum atomic E-state index is -0.152. The first-order valence-electron chi connectivity index (χ1n) is 5.13. The second-order valence-electron chi connectivity index (χ2n) is 3.66. The normalized spacial score (nSPS) is 12.2. The van der Waals surface area contributed by atoms with Crippen molar-refractivity contribution in [1.82, 2.24) is 0 Å². The molecule has 0 radical (unpaired) electrons. The lowest BCUT2D eigenvalue weighted by Gasteiger charge is -2.06. The number of nitrogens with one attached hydrogen (secondary N) is 1. The van der Waals surface area contributed by atoms with Crippen molar-refractivity contribution in [3.8, 4) is 0 Å². The maximum Gasteiger partial charge on any atom is 0.250 e. The third-order valence-electron chi connectivity index (χ3n) is 2.03. The fourth-order valence-corrected chi connectivity index (χ4v) is 1.56. The standard InChI is InChI=1S/C12H16ClNO2/c1-9(13)7-10-3-5-11(6-4-10)14-12(15)8-16-2/h3-6,9H,7-8H2,1-2H3,(H,14,15). The summed E-state index contributed by atoms with van der Waals surface area (Å²) in [6.07, 6.45) is 0.827. The van der Waals surface area contributed by atoms with Crippen LogP contribution in [0.4, 0.5) is 5.69 Å². The summed E-state index contributed by atoms with van der Waals surface area (Å²) >= 11 is 5.89. The molecule has 16 heavy (non-hydrogen) atoms. The van der Waals surface area contributed by atoms with Gasteiger partial charge in [-0.15, -0.1) is 11.6 Å². The van der Waals surface area contributed by atoms with Gasteiger partial charge in [0.2, 0.25) is 5.91 Å². The van der Waals surface area contributed by atoms with Crippen molar-refractivity contribution in [1.29, 1.82) is 0 Å². The van der Waals surface area contributed by atoms with E-state index in [4.69, 9.17) is 16.3 Å². The lowest BCUT2D eigenvalue weighted by atomic mass is 10.1. The molecule has 0 aliphatic rings. The quantitative estimate of drug-likeness (QED) is 0.805. The maximum atomic E-state index is 11.2. The lowest BCUT2D eigenvalue weighted by molar-refractivity contribution is -0.119. The third kappa shape index (κ3) is 4.64. The summed E-state index contributed by atoms with van der Waals surface area (Å²) in [4.78, 5) is 11.2. The molecule has 0 saturated heterocycles. The molecule has 4 heteroatoms. The van der Waals surface area contributed by atoms with Gasteiger partial charge in [-0.3, -0.25) is 4.79 Å². The van der Waals surface area contributed by atoms with E-state index in [1.807, 2.05) is 31.2 Å². The van der Waals surface area contributed by atoms with Crippen LogP contribution in [-0.2, 0) is 16.0 Å². The summed E-state index contributed by atoms with van der Waals surface area (Å²) in [5.41, 5.74) is 1.93. The van der Waals surface area contributed by atoms with Gasteiger partial charge in [0.15, 0.2) is 0 Å². The highest BCUT2D eigenvalue weighted by molar-refractivity contribution is 6.20. The topological polar surface area (TPSA) is 38.3 Å². The number of halogens is 1. The summed E-state index contributed by atoms with van der Waals surface area (Å²) < 4.78 is 4.72. The summed E-state index contributed by atoms with van der Waals surface area (Å²) in [5.74, 6) is -0.152. The first kappa shape index (κ1) is 13.0. The second kappa shape index (κ2) is 6.51. The maximum absolute atomic E-state index is 11.2. The van der Waals surface area contributed by atoms with Crippen LogP contribution in [0, 0.1) is 0 Å². The van der Waals surface area contributed by atoms with Gasteiger partial charge in [0.05, 0.1) is 0 Å². The number of alkyl halides is 1. The number of methoxy groups -OCH3 is 1. The molecule has 1 N–H and O–H groups in total. The van der Waals surface area contributed by atoms with E-state index < -0.39 is 0 Å². The van der Waals surface area contributed by atoms with E-state index in [-0.39, 0.29) is 17.9 Å². The summed E-state index contributed by atoms with van der Waals surface area (Å²) in [6.45, 7) is 2.02. The number of hydrogen-bond acceptors (Lipinski definition) is 2. The Kier molecular flexibility index (Phi) is 5.29. The molecule has 1 unspecified atom stereocenters. The van der Waals surface area contributed by atoms with Crippen LogP contribution >= 0.6 is 11.6 Å². The number of hydrogen-bond donors (Lipinski definition) is 1. The summed E-state index contributed by atoms with van der Waals surface area (Å²) in [7, 11) is 1.49. The molecule has 88 valence electrons. The molecule has 1 aromatic rings. The number of anilines is 1. The third-order valence-corrected chi connectivity index (χ3v) is 2.18. The van der Waals surface area contributed by atoms with Gasteiger partial charge in [-0.2, -0.15) is 0 Å². The van der Waals surface area contributed by atoms with Crippen molar-refractivity contribution in [3.63, 3.8) is 0 Å². The van der Waals surface area contributed by atoms with E-state index in [1.165, 1.54) is 7.11 Å². The van der Waals surface area contributed by atoms with Crippen molar-refractivity contribution < 1.29 is 9.53 Å². The zero-order valence-electron chi connectivity index (χ0n) is 9.50. The SMILES string of the molecule is COCC(=O)Nc1ccc(CC(C)Cl)cc1. The van der Waals surface area contributed by atoms with E-state index in [0.29, 0.717) is 0 Å². The van der Waals surface area contributed by atoms with E-state index >= 15 is 0 Å². The van der Waals surface area contributed by atoms with Crippen LogP contribution in [0.15, 0.2) is 24.3 Å². The average molecular weight is 242 g/mol.